The number of hydrogen-bond donors (Lipinski definition) is 1. The van der Waals surface area contributed by atoms with Crippen LogP contribution in [-0.4, -0.2) is 5.91 Å². The Balaban J connectivity index is 2.47. The van der Waals surface area contributed by atoms with E-state index in [0.29, 0.717) is 0 Å². The summed E-state index contributed by atoms with van der Waals surface area (Å²) in [5.41, 5.74) is 0.766. The van der Waals surface area contributed by atoms with Gasteiger partial charge in [-0.05, 0) is 19.1 Å². The molecule has 14 heavy (non-hydrogen) atoms. The number of nitriles is 1. The number of para-hydroxylation sites is 1. The predicted octanol–water partition coefficient (Wildman–Crippen LogP) is 2.17. The summed E-state index contributed by atoms with van der Waals surface area (Å²) in [5, 5.41) is 11.2. The van der Waals surface area contributed by atoms with E-state index in [1.807, 2.05) is 36.4 Å². The van der Waals surface area contributed by atoms with Gasteiger partial charge in [0.05, 0.1) is 12.0 Å². The third kappa shape index (κ3) is 3.28. The molecule has 1 aromatic carbocycles. The van der Waals surface area contributed by atoms with Crippen molar-refractivity contribution in [3.05, 3.63) is 30.3 Å². The van der Waals surface area contributed by atoms with Crippen LogP contribution in [-0.2, 0) is 4.79 Å². The highest BCUT2D eigenvalue weighted by Crippen LogP contribution is 2.07. The molecule has 1 unspecified atom stereocenters. The van der Waals surface area contributed by atoms with Crippen LogP contribution < -0.4 is 5.32 Å². The molecule has 1 atom stereocenters. The first-order valence-corrected chi connectivity index (χ1v) is 4.47. The monoisotopic (exact) mass is 188 g/mol. The molecule has 0 aliphatic carbocycles. The first-order valence-electron chi connectivity index (χ1n) is 4.47. The summed E-state index contributed by atoms with van der Waals surface area (Å²) in [6, 6.07) is 11.2. The first-order chi connectivity index (χ1) is 6.72. The molecule has 1 aromatic rings. The average Bonchev–Trinajstić information content (AvgIpc) is 2.19. The maximum absolute atomic E-state index is 11.3. The largest absolute Gasteiger partial charge is 0.326 e. The SMILES string of the molecule is CC(C#N)CC(=O)Nc1ccccc1. The molecule has 0 bridgehead atoms. The Bertz CT molecular complexity index is 340. The van der Waals surface area contributed by atoms with E-state index in [4.69, 9.17) is 5.26 Å². The molecule has 0 aliphatic rings. The van der Waals surface area contributed by atoms with Gasteiger partial charge in [-0.2, -0.15) is 5.26 Å². The molecule has 3 nitrogen and oxygen atoms in total. The van der Waals surface area contributed by atoms with E-state index in [2.05, 4.69) is 5.32 Å². The normalized spacial score (nSPS) is 11.4. The van der Waals surface area contributed by atoms with Crippen LogP contribution in [0.25, 0.3) is 0 Å². The van der Waals surface area contributed by atoms with Gasteiger partial charge < -0.3 is 5.32 Å². The quantitative estimate of drug-likeness (QED) is 0.790. The van der Waals surface area contributed by atoms with Crippen LogP contribution in [0, 0.1) is 17.2 Å². The fourth-order valence-corrected chi connectivity index (χ4v) is 1.06. The third-order valence-electron chi connectivity index (χ3n) is 1.77. The number of carbonyl (C=O) groups excluding carboxylic acids is 1. The van der Waals surface area contributed by atoms with Crippen LogP contribution in [0.4, 0.5) is 5.69 Å². The number of nitrogens with zero attached hydrogens (tertiary/aromatic N) is 1. The Labute approximate surface area is 83.4 Å². The molecule has 0 radical (unpaired) electrons. The second-order valence-electron chi connectivity index (χ2n) is 3.15. The summed E-state index contributed by atoms with van der Waals surface area (Å²) in [6.07, 6.45) is 0.241. The lowest BCUT2D eigenvalue weighted by molar-refractivity contribution is -0.116. The highest BCUT2D eigenvalue weighted by atomic mass is 16.1. The molecular weight excluding hydrogens is 176 g/mol. The standard InChI is InChI=1S/C11H12N2O/c1-9(8-12)7-11(14)13-10-5-3-2-4-6-10/h2-6,9H,7H2,1H3,(H,13,14). The molecule has 1 amide bonds. The average molecular weight is 188 g/mol. The van der Waals surface area contributed by atoms with Crippen molar-refractivity contribution in [2.75, 3.05) is 5.32 Å². The van der Waals surface area contributed by atoms with Crippen molar-refractivity contribution in [2.24, 2.45) is 5.92 Å². The zero-order chi connectivity index (χ0) is 10.4. The van der Waals surface area contributed by atoms with Gasteiger partial charge in [-0.3, -0.25) is 4.79 Å². The van der Waals surface area contributed by atoms with Crippen molar-refractivity contribution < 1.29 is 4.79 Å². The lowest BCUT2D eigenvalue weighted by Crippen LogP contribution is -2.14. The summed E-state index contributed by atoms with van der Waals surface area (Å²) >= 11 is 0. The molecule has 0 heterocycles. The summed E-state index contributed by atoms with van der Waals surface area (Å²) in [4.78, 5) is 11.3. The topological polar surface area (TPSA) is 52.9 Å². The molecule has 0 aliphatic heterocycles. The molecule has 72 valence electrons. The van der Waals surface area contributed by atoms with Crippen molar-refractivity contribution in [1.29, 1.82) is 5.26 Å². The van der Waals surface area contributed by atoms with Gasteiger partial charge in [-0.15, -0.1) is 0 Å². The van der Waals surface area contributed by atoms with Crippen molar-refractivity contribution in [3.63, 3.8) is 0 Å². The van der Waals surface area contributed by atoms with E-state index in [-0.39, 0.29) is 18.2 Å². The Morgan fingerprint density at radius 2 is 2.14 bits per heavy atom. The van der Waals surface area contributed by atoms with E-state index in [9.17, 15) is 4.79 Å². The van der Waals surface area contributed by atoms with Gasteiger partial charge in [0.2, 0.25) is 5.91 Å². The van der Waals surface area contributed by atoms with Gasteiger partial charge in [-0.1, -0.05) is 18.2 Å². The van der Waals surface area contributed by atoms with Gasteiger partial charge >= 0.3 is 0 Å². The van der Waals surface area contributed by atoms with Crippen LogP contribution >= 0.6 is 0 Å². The van der Waals surface area contributed by atoms with Crippen molar-refractivity contribution in [3.8, 4) is 6.07 Å². The Kier molecular flexibility index (Phi) is 3.69. The van der Waals surface area contributed by atoms with Crippen LogP contribution in [0.5, 0.6) is 0 Å². The molecule has 0 saturated heterocycles. The molecule has 0 spiro atoms. The zero-order valence-corrected chi connectivity index (χ0v) is 8.03. The number of anilines is 1. The predicted molar refractivity (Wildman–Crippen MR) is 54.5 cm³/mol. The molecule has 0 saturated carbocycles. The number of benzene rings is 1. The molecule has 3 heteroatoms. The van der Waals surface area contributed by atoms with Gasteiger partial charge in [0.1, 0.15) is 0 Å². The van der Waals surface area contributed by atoms with Gasteiger partial charge in [-0.25, -0.2) is 0 Å². The lowest BCUT2D eigenvalue weighted by atomic mass is 10.1. The van der Waals surface area contributed by atoms with Crippen molar-refractivity contribution in [2.45, 2.75) is 13.3 Å². The Morgan fingerprint density at radius 1 is 1.50 bits per heavy atom. The molecule has 0 aromatic heterocycles. The van der Waals surface area contributed by atoms with Crippen LogP contribution in [0.15, 0.2) is 30.3 Å². The van der Waals surface area contributed by atoms with Gasteiger partial charge in [0, 0.05) is 12.1 Å². The molecular formula is C11H12N2O. The number of nitrogens with one attached hydrogen (secondary N) is 1. The van der Waals surface area contributed by atoms with Crippen molar-refractivity contribution in [1.82, 2.24) is 0 Å². The molecule has 1 rings (SSSR count). The minimum atomic E-state index is -0.237. The summed E-state index contributed by atoms with van der Waals surface area (Å²) in [6.45, 7) is 1.73. The first kappa shape index (κ1) is 10.3. The van der Waals surface area contributed by atoms with Gasteiger partial charge in [0.15, 0.2) is 0 Å². The fraction of sp³-hybridized carbons (Fsp3) is 0.273. The van der Waals surface area contributed by atoms with Crippen LogP contribution in [0.1, 0.15) is 13.3 Å². The number of amides is 1. The van der Waals surface area contributed by atoms with E-state index in [1.165, 1.54) is 0 Å². The second kappa shape index (κ2) is 5.03. The Morgan fingerprint density at radius 3 is 2.71 bits per heavy atom. The smallest absolute Gasteiger partial charge is 0.225 e. The lowest BCUT2D eigenvalue weighted by Gasteiger charge is -2.04. The summed E-state index contributed by atoms with van der Waals surface area (Å²) in [5.74, 6) is -0.357. The van der Waals surface area contributed by atoms with Crippen LogP contribution in [0.2, 0.25) is 0 Å². The third-order valence-corrected chi connectivity index (χ3v) is 1.77. The Hall–Kier alpha value is -1.82. The molecule has 1 N–H and O–H groups in total. The summed E-state index contributed by atoms with van der Waals surface area (Å²) < 4.78 is 0. The maximum Gasteiger partial charge on any atom is 0.225 e. The second-order valence-corrected chi connectivity index (χ2v) is 3.15. The fourth-order valence-electron chi connectivity index (χ4n) is 1.06. The molecule has 0 fully saturated rings. The van der Waals surface area contributed by atoms with E-state index in [0.717, 1.165) is 5.69 Å². The number of rotatable bonds is 3. The van der Waals surface area contributed by atoms with Crippen molar-refractivity contribution >= 4 is 11.6 Å². The maximum atomic E-state index is 11.3. The van der Waals surface area contributed by atoms with E-state index in [1.54, 1.807) is 6.92 Å². The van der Waals surface area contributed by atoms with Crippen LogP contribution in [0.3, 0.4) is 0 Å². The minimum Gasteiger partial charge on any atom is -0.326 e. The minimum absolute atomic E-state index is 0.120. The zero-order valence-electron chi connectivity index (χ0n) is 8.03. The number of carbonyl (C=O) groups is 1. The van der Waals surface area contributed by atoms with E-state index >= 15 is 0 Å². The number of hydrogen-bond acceptors (Lipinski definition) is 2. The highest BCUT2D eigenvalue weighted by Gasteiger charge is 2.07. The van der Waals surface area contributed by atoms with Gasteiger partial charge in [0.25, 0.3) is 0 Å². The van der Waals surface area contributed by atoms with E-state index < -0.39 is 0 Å². The highest BCUT2D eigenvalue weighted by molar-refractivity contribution is 5.90. The summed E-state index contributed by atoms with van der Waals surface area (Å²) in [7, 11) is 0.